The molecule has 2 aromatic rings. The second-order valence-corrected chi connectivity index (χ2v) is 4.72. The van der Waals surface area contributed by atoms with Gasteiger partial charge in [0.15, 0.2) is 0 Å². The summed E-state index contributed by atoms with van der Waals surface area (Å²) in [5, 5.41) is 3.13. The average Bonchev–Trinajstić information content (AvgIpc) is 2.43. The SMILES string of the molecule is COc1ccc(NC(C)c2cc(F)c(C)cc2F)cc1. The second-order valence-electron chi connectivity index (χ2n) is 4.72. The average molecular weight is 277 g/mol. The van der Waals surface area contributed by atoms with Crippen LogP contribution in [0.4, 0.5) is 14.5 Å². The van der Waals surface area contributed by atoms with Gasteiger partial charge in [-0.25, -0.2) is 8.78 Å². The first kappa shape index (κ1) is 14.3. The van der Waals surface area contributed by atoms with Crippen LogP contribution in [0.2, 0.25) is 0 Å². The van der Waals surface area contributed by atoms with Crippen molar-refractivity contribution < 1.29 is 13.5 Å². The van der Waals surface area contributed by atoms with Crippen molar-refractivity contribution in [1.29, 1.82) is 0 Å². The standard InChI is InChI=1S/C16H17F2NO/c1-10-8-16(18)14(9-15(10)17)11(2)19-12-4-6-13(20-3)7-5-12/h4-9,11,19H,1-3H3. The maximum atomic E-state index is 13.9. The summed E-state index contributed by atoms with van der Waals surface area (Å²) in [6.07, 6.45) is 0. The number of hydrogen-bond acceptors (Lipinski definition) is 2. The summed E-state index contributed by atoms with van der Waals surface area (Å²) in [6.45, 7) is 3.33. The minimum absolute atomic E-state index is 0.308. The molecule has 0 radical (unpaired) electrons. The predicted molar refractivity (Wildman–Crippen MR) is 76.1 cm³/mol. The predicted octanol–water partition coefficient (Wildman–Crippen LogP) is 4.45. The van der Waals surface area contributed by atoms with E-state index in [-0.39, 0.29) is 6.04 Å². The van der Waals surface area contributed by atoms with Gasteiger partial charge in [-0.15, -0.1) is 0 Å². The molecule has 2 nitrogen and oxygen atoms in total. The third kappa shape index (κ3) is 3.07. The van der Waals surface area contributed by atoms with E-state index in [0.29, 0.717) is 11.1 Å². The molecule has 2 rings (SSSR count). The van der Waals surface area contributed by atoms with Gasteiger partial charge >= 0.3 is 0 Å². The Hall–Kier alpha value is -2.10. The fraction of sp³-hybridized carbons (Fsp3) is 0.250. The lowest BCUT2D eigenvalue weighted by Gasteiger charge is -2.17. The summed E-state index contributed by atoms with van der Waals surface area (Å²) in [5.74, 6) is -0.0574. The van der Waals surface area contributed by atoms with Gasteiger partial charge in [0.05, 0.1) is 13.2 Å². The topological polar surface area (TPSA) is 21.3 Å². The van der Waals surface area contributed by atoms with Crippen LogP contribution in [0.15, 0.2) is 36.4 Å². The number of halogens is 2. The molecule has 0 bridgehead atoms. The maximum Gasteiger partial charge on any atom is 0.128 e. The quantitative estimate of drug-likeness (QED) is 0.891. The maximum absolute atomic E-state index is 13.9. The molecule has 0 aliphatic rings. The van der Waals surface area contributed by atoms with Gasteiger partial charge in [0.25, 0.3) is 0 Å². The molecule has 0 heterocycles. The summed E-state index contributed by atoms with van der Waals surface area (Å²) in [7, 11) is 1.59. The number of nitrogens with one attached hydrogen (secondary N) is 1. The van der Waals surface area contributed by atoms with Gasteiger partial charge in [0.1, 0.15) is 17.4 Å². The molecule has 1 N–H and O–H groups in total. The molecular weight excluding hydrogens is 260 g/mol. The van der Waals surface area contributed by atoms with Crippen LogP contribution in [0.1, 0.15) is 24.1 Å². The lowest BCUT2D eigenvalue weighted by atomic mass is 10.0. The van der Waals surface area contributed by atoms with E-state index in [1.807, 2.05) is 12.1 Å². The molecule has 1 atom stereocenters. The number of methoxy groups -OCH3 is 1. The summed E-state index contributed by atoms with van der Waals surface area (Å²) in [4.78, 5) is 0. The number of benzene rings is 2. The van der Waals surface area contributed by atoms with Gasteiger partial charge in [-0.05, 0) is 55.8 Å². The normalized spacial score (nSPS) is 12.1. The molecule has 0 aliphatic heterocycles. The molecule has 1 unspecified atom stereocenters. The van der Waals surface area contributed by atoms with Crippen molar-refractivity contribution in [2.45, 2.75) is 19.9 Å². The molecule has 0 aliphatic carbocycles. The zero-order valence-corrected chi connectivity index (χ0v) is 11.7. The summed E-state index contributed by atoms with van der Waals surface area (Å²) in [5.41, 5.74) is 1.44. The van der Waals surface area contributed by atoms with E-state index in [4.69, 9.17) is 4.74 Å². The van der Waals surface area contributed by atoms with Gasteiger partial charge in [0, 0.05) is 11.3 Å². The smallest absolute Gasteiger partial charge is 0.128 e. The highest BCUT2D eigenvalue weighted by molar-refractivity contribution is 5.48. The fourth-order valence-electron chi connectivity index (χ4n) is 2.01. The van der Waals surface area contributed by atoms with Gasteiger partial charge in [0.2, 0.25) is 0 Å². The van der Waals surface area contributed by atoms with Crippen LogP contribution in [-0.2, 0) is 0 Å². The van der Waals surface area contributed by atoms with Crippen LogP contribution in [0, 0.1) is 18.6 Å². The van der Waals surface area contributed by atoms with Crippen LogP contribution >= 0.6 is 0 Å². The Bertz CT molecular complexity index is 596. The molecule has 0 saturated carbocycles. The van der Waals surface area contributed by atoms with Crippen LogP contribution in [0.25, 0.3) is 0 Å². The number of rotatable bonds is 4. The molecule has 0 fully saturated rings. The van der Waals surface area contributed by atoms with Crippen molar-refractivity contribution in [1.82, 2.24) is 0 Å². The lowest BCUT2D eigenvalue weighted by molar-refractivity contribution is 0.415. The minimum Gasteiger partial charge on any atom is -0.497 e. The fourth-order valence-corrected chi connectivity index (χ4v) is 2.01. The summed E-state index contributed by atoms with van der Waals surface area (Å²) in [6, 6.07) is 9.40. The number of hydrogen-bond donors (Lipinski definition) is 1. The van der Waals surface area contributed by atoms with Gasteiger partial charge in [-0.2, -0.15) is 0 Å². The number of anilines is 1. The van der Waals surface area contributed by atoms with Crippen LogP contribution in [0.5, 0.6) is 5.75 Å². The van der Waals surface area contributed by atoms with Crippen molar-refractivity contribution in [3.63, 3.8) is 0 Å². The highest BCUT2D eigenvalue weighted by Crippen LogP contribution is 2.25. The lowest BCUT2D eigenvalue weighted by Crippen LogP contribution is -2.09. The molecular formula is C16H17F2NO. The Morgan fingerprint density at radius 3 is 2.30 bits per heavy atom. The first-order valence-electron chi connectivity index (χ1n) is 6.37. The van der Waals surface area contributed by atoms with E-state index < -0.39 is 11.6 Å². The van der Waals surface area contributed by atoms with Crippen LogP contribution in [-0.4, -0.2) is 7.11 Å². The Balaban J connectivity index is 2.18. The number of ether oxygens (including phenoxy) is 1. The summed E-state index contributed by atoms with van der Waals surface area (Å²) < 4.78 is 32.5. The van der Waals surface area contributed by atoms with E-state index >= 15 is 0 Å². The molecule has 0 saturated heterocycles. The molecule has 0 aromatic heterocycles. The Morgan fingerprint density at radius 2 is 1.70 bits per heavy atom. The highest BCUT2D eigenvalue weighted by Gasteiger charge is 2.13. The van der Waals surface area contributed by atoms with Gasteiger partial charge in [-0.3, -0.25) is 0 Å². The summed E-state index contributed by atoms with van der Waals surface area (Å²) >= 11 is 0. The largest absolute Gasteiger partial charge is 0.497 e. The van der Waals surface area contributed by atoms with E-state index in [2.05, 4.69) is 5.32 Å². The van der Waals surface area contributed by atoms with E-state index in [1.165, 1.54) is 12.1 Å². The Labute approximate surface area is 117 Å². The highest BCUT2D eigenvalue weighted by atomic mass is 19.1. The van der Waals surface area contributed by atoms with E-state index in [0.717, 1.165) is 11.4 Å². The molecule has 4 heteroatoms. The van der Waals surface area contributed by atoms with Crippen molar-refractivity contribution >= 4 is 5.69 Å². The molecule has 0 spiro atoms. The van der Waals surface area contributed by atoms with E-state index in [1.54, 1.807) is 33.1 Å². The zero-order chi connectivity index (χ0) is 14.7. The zero-order valence-electron chi connectivity index (χ0n) is 11.7. The molecule has 0 amide bonds. The third-order valence-electron chi connectivity index (χ3n) is 3.22. The third-order valence-corrected chi connectivity index (χ3v) is 3.22. The Kier molecular flexibility index (Phi) is 4.23. The van der Waals surface area contributed by atoms with Crippen molar-refractivity contribution in [2.24, 2.45) is 0 Å². The van der Waals surface area contributed by atoms with Crippen LogP contribution < -0.4 is 10.1 Å². The first-order chi connectivity index (χ1) is 9.51. The molecule has 2 aromatic carbocycles. The second kappa shape index (κ2) is 5.90. The Morgan fingerprint density at radius 1 is 1.05 bits per heavy atom. The first-order valence-corrected chi connectivity index (χ1v) is 6.37. The van der Waals surface area contributed by atoms with E-state index in [9.17, 15) is 8.78 Å². The molecule has 106 valence electrons. The minimum atomic E-state index is -0.405. The van der Waals surface area contributed by atoms with Crippen molar-refractivity contribution in [3.8, 4) is 5.75 Å². The van der Waals surface area contributed by atoms with Gasteiger partial charge in [-0.1, -0.05) is 0 Å². The monoisotopic (exact) mass is 277 g/mol. The van der Waals surface area contributed by atoms with Crippen molar-refractivity contribution in [3.05, 3.63) is 59.2 Å². The van der Waals surface area contributed by atoms with Crippen molar-refractivity contribution in [2.75, 3.05) is 12.4 Å². The van der Waals surface area contributed by atoms with Gasteiger partial charge < -0.3 is 10.1 Å². The molecule has 20 heavy (non-hydrogen) atoms. The van der Waals surface area contributed by atoms with Crippen LogP contribution in [0.3, 0.4) is 0 Å². The number of aryl methyl sites for hydroxylation is 1.